The number of carbonyl (C=O) groups excluding carboxylic acids is 1. The molecule has 1 amide bonds. The molecule has 224 valence electrons. The van der Waals surface area contributed by atoms with Gasteiger partial charge < -0.3 is 16.2 Å². The van der Waals surface area contributed by atoms with Gasteiger partial charge in [-0.1, -0.05) is 81.7 Å². The van der Waals surface area contributed by atoms with Crippen molar-refractivity contribution in [2.45, 2.75) is 26.9 Å². The number of hydrogen-bond donors (Lipinski definition) is 3. The van der Waals surface area contributed by atoms with E-state index in [9.17, 15) is 18.4 Å². The van der Waals surface area contributed by atoms with Crippen molar-refractivity contribution >= 4 is 55.9 Å². The van der Waals surface area contributed by atoms with Crippen LogP contribution in [0.2, 0.25) is 0 Å². The number of carbonyl (C=O) groups is 2. The minimum absolute atomic E-state index is 0.138. The summed E-state index contributed by atoms with van der Waals surface area (Å²) in [5.74, 6) is -1.88. The molecule has 4 rings (SSSR count). The smallest absolute Gasteiger partial charge is 0.328 e. The summed E-state index contributed by atoms with van der Waals surface area (Å²) in [6.07, 6.45) is 7.39. The lowest BCUT2D eigenvalue weighted by Crippen LogP contribution is -2.20. The summed E-state index contributed by atoms with van der Waals surface area (Å²) in [5.41, 5.74) is 10.1. The van der Waals surface area contributed by atoms with Gasteiger partial charge in [0.1, 0.15) is 11.6 Å². The van der Waals surface area contributed by atoms with Gasteiger partial charge >= 0.3 is 5.97 Å². The van der Waals surface area contributed by atoms with E-state index in [0.29, 0.717) is 20.2 Å². The first-order valence-corrected chi connectivity index (χ1v) is 14.5. The van der Waals surface area contributed by atoms with Gasteiger partial charge in [-0.2, -0.15) is 0 Å². The van der Waals surface area contributed by atoms with E-state index in [1.165, 1.54) is 35.5 Å². The Hall–Kier alpha value is -3.99. The normalized spacial score (nSPS) is 10.5. The fourth-order valence-electron chi connectivity index (χ4n) is 3.19. The van der Waals surface area contributed by atoms with Gasteiger partial charge in [0.05, 0.1) is 5.69 Å². The molecule has 0 saturated carbocycles. The summed E-state index contributed by atoms with van der Waals surface area (Å²) in [6, 6.07) is 21.6. The molecule has 0 fully saturated rings. The minimum Gasteiger partial charge on any atom is -0.478 e. The van der Waals surface area contributed by atoms with Crippen LogP contribution in [0.4, 0.5) is 8.78 Å². The minimum atomic E-state index is -0.921. The van der Waals surface area contributed by atoms with Crippen molar-refractivity contribution in [1.29, 1.82) is 0 Å². The van der Waals surface area contributed by atoms with Gasteiger partial charge in [-0.05, 0) is 71.3 Å². The first-order valence-electron chi connectivity index (χ1n) is 12.9. The van der Waals surface area contributed by atoms with E-state index in [2.05, 4.69) is 42.2 Å². The highest BCUT2D eigenvalue weighted by atomic mass is 79.9. The van der Waals surface area contributed by atoms with E-state index in [1.807, 2.05) is 62.4 Å². The maximum atomic E-state index is 13.6. The molecule has 0 atom stereocenters. The van der Waals surface area contributed by atoms with Crippen LogP contribution in [-0.2, 0) is 22.7 Å². The van der Waals surface area contributed by atoms with Gasteiger partial charge in [-0.25, -0.2) is 13.6 Å². The highest BCUT2D eigenvalue weighted by Gasteiger charge is 2.04. The van der Waals surface area contributed by atoms with Gasteiger partial charge in [0.25, 0.3) is 0 Å². The number of carboxylic acids is 1. The SMILES string of the molecule is Cc1ccc(/C=C/C(=O)NCc2ccc(Br)cc2F)cc1.Cc1ccc(/C=C/C(=O)O)cc1.NCc1ncc(Br)cc1F. The molecular weight excluding hydrogens is 684 g/mol. The number of benzene rings is 3. The fourth-order valence-corrected chi connectivity index (χ4v) is 3.83. The van der Waals surface area contributed by atoms with Crippen LogP contribution in [0.15, 0.2) is 100 Å². The Bertz CT molecular complexity index is 1560. The number of amides is 1. The number of aryl methyl sites for hydroxylation is 2. The van der Waals surface area contributed by atoms with E-state index >= 15 is 0 Å². The molecule has 1 heterocycles. The summed E-state index contributed by atoms with van der Waals surface area (Å²) < 4.78 is 27.6. The Kier molecular flexibility index (Phi) is 15.2. The van der Waals surface area contributed by atoms with E-state index in [-0.39, 0.29) is 30.6 Å². The first kappa shape index (κ1) is 35.2. The number of pyridine rings is 1. The Balaban J connectivity index is 0.000000248. The van der Waals surface area contributed by atoms with E-state index < -0.39 is 5.97 Å². The molecule has 0 aliphatic heterocycles. The van der Waals surface area contributed by atoms with Crippen molar-refractivity contribution < 1.29 is 23.5 Å². The van der Waals surface area contributed by atoms with Crippen LogP contribution in [0, 0.1) is 25.5 Å². The molecule has 1 aromatic heterocycles. The molecule has 0 aliphatic rings. The van der Waals surface area contributed by atoms with Crippen molar-refractivity contribution in [3.8, 4) is 0 Å². The van der Waals surface area contributed by atoms with Crippen molar-refractivity contribution in [3.63, 3.8) is 0 Å². The zero-order valence-electron chi connectivity index (χ0n) is 23.5. The van der Waals surface area contributed by atoms with Crippen LogP contribution in [0.3, 0.4) is 0 Å². The Morgan fingerprint density at radius 1 is 0.837 bits per heavy atom. The van der Waals surface area contributed by atoms with Gasteiger partial charge in [0.15, 0.2) is 0 Å². The zero-order valence-corrected chi connectivity index (χ0v) is 26.7. The Labute approximate surface area is 266 Å². The molecule has 43 heavy (non-hydrogen) atoms. The number of nitrogens with one attached hydrogen (secondary N) is 1. The molecule has 3 aromatic carbocycles. The Morgan fingerprint density at radius 3 is 1.86 bits per heavy atom. The maximum Gasteiger partial charge on any atom is 0.328 e. The number of aliphatic carboxylic acids is 1. The quantitative estimate of drug-likeness (QED) is 0.170. The molecule has 0 bridgehead atoms. The van der Waals surface area contributed by atoms with Crippen LogP contribution < -0.4 is 11.1 Å². The van der Waals surface area contributed by atoms with Crippen LogP contribution >= 0.6 is 31.9 Å². The number of hydrogen-bond acceptors (Lipinski definition) is 4. The second kappa shape index (κ2) is 18.5. The van der Waals surface area contributed by atoms with Crippen LogP contribution in [0.5, 0.6) is 0 Å². The Morgan fingerprint density at radius 2 is 1.37 bits per heavy atom. The number of halogens is 4. The molecule has 0 unspecified atom stereocenters. The van der Waals surface area contributed by atoms with Crippen molar-refractivity contribution in [3.05, 3.63) is 145 Å². The fraction of sp³-hybridized carbons (Fsp3) is 0.121. The largest absolute Gasteiger partial charge is 0.478 e. The van der Waals surface area contributed by atoms with E-state index in [1.54, 1.807) is 24.3 Å². The third kappa shape index (κ3) is 14.2. The molecule has 4 N–H and O–H groups in total. The van der Waals surface area contributed by atoms with Gasteiger partial charge in [0.2, 0.25) is 5.91 Å². The first-order chi connectivity index (χ1) is 20.5. The third-order valence-electron chi connectivity index (χ3n) is 5.55. The second-order valence-corrected chi connectivity index (χ2v) is 10.9. The number of nitrogens with two attached hydrogens (primary N) is 1. The van der Waals surface area contributed by atoms with Crippen molar-refractivity contribution in [1.82, 2.24) is 10.3 Å². The molecule has 0 spiro atoms. The van der Waals surface area contributed by atoms with Gasteiger partial charge in [0, 0.05) is 45.9 Å². The molecule has 0 saturated heterocycles. The number of rotatable bonds is 7. The van der Waals surface area contributed by atoms with Crippen LogP contribution in [-0.4, -0.2) is 22.0 Å². The molecule has 4 aromatic rings. The van der Waals surface area contributed by atoms with E-state index in [0.717, 1.165) is 17.2 Å². The lowest BCUT2D eigenvalue weighted by molar-refractivity contribution is -0.131. The topological polar surface area (TPSA) is 105 Å². The summed E-state index contributed by atoms with van der Waals surface area (Å²) in [4.78, 5) is 25.6. The lowest BCUT2D eigenvalue weighted by atomic mass is 10.1. The average molecular weight is 715 g/mol. The van der Waals surface area contributed by atoms with Gasteiger partial charge in [-0.15, -0.1) is 0 Å². The zero-order chi connectivity index (χ0) is 31.8. The highest BCUT2D eigenvalue weighted by Crippen LogP contribution is 2.15. The van der Waals surface area contributed by atoms with Crippen LogP contribution in [0.25, 0.3) is 12.2 Å². The maximum absolute atomic E-state index is 13.6. The summed E-state index contributed by atoms with van der Waals surface area (Å²) in [7, 11) is 0. The summed E-state index contributed by atoms with van der Waals surface area (Å²) >= 11 is 6.28. The number of carboxylic acid groups (broad SMARTS) is 1. The molecule has 0 aliphatic carbocycles. The predicted molar refractivity (Wildman–Crippen MR) is 174 cm³/mol. The van der Waals surface area contributed by atoms with Crippen molar-refractivity contribution in [2.75, 3.05) is 0 Å². The number of aromatic nitrogens is 1. The predicted octanol–water partition coefficient (Wildman–Crippen LogP) is 7.76. The van der Waals surface area contributed by atoms with E-state index in [4.69, 9.17) is 10.8 Å². The molecule has 0 radical (unpaired) electrons. The van der Waals surface area contributed by atoms with Gasteiger partial charge in [-0.3, -0.25) is 9.78 Å². The third-order valence-corrected chi connectivity index (χ3v) is 6.47. The second-order valence-electron chi connectivity index (χ2n) is 9.07. The summed E-state index contributed by atoms with van der Waals surface area (Å²) in [6.45, 7) is 4.30. The van der Waals surface area contributed by atoms with Crippen LogP contribution in [0.1, 0.15) is 33.5 Å². The number of nitrogens with zero attached hydrogens (tertiary/aromatic N) is 1. The molecule has 6 nitrogen and oxygen atoms in total. The lowest BCUT2D eigenvalue weighted by Gasteiger charge is -2.04. The molecule has 10 heteroatoms. The standard InChI is InChI=1S/C17H15BrFNO.C10H10O2.C6H6BrFN2/c1-12-2-4-13(5-3-12)6-9-17(21)20-11-14-7-8-15(18)10-16(14)19;1-8-2-4-9(5-3-8)6-7-10(11)12;7-4-1-5(8)6(2-9)10-3-4/h2-10H,11H2,1H3,(H,20,21);2-7H,1H3,(H,11,12);1,3H,2,9H2/b9-6+;7-6+;. The average Bonchev–Trinajstić information content (AvgIpc) is 2.97. The summed E-state index contributed by atoms with van der Waals surface area (Å²) in [5, 5.41) is 11.0. The monoisotopic (exact) mass is 713 g/mol. The molecular formula is C33H31Br2F2N3O3. The highest BCUT2D eigenvalue weighted by molar-refractivity contribution is 9.10. The van der Waals surface area contributed by atoms with Crippen molar-refractivity contribution in [2.24, 2.45) is 5.73 Å².